The molecule has 0 aliphatic heterocycles. The van der Waals surface area contributed by atoms with Crippen molar-refractivity contribution in [3.05, 3.63) is 0 Å². The normalized spacial score (nSPS) is 15.8. The Hall–Kier alpha value is 0.920. The molecule has 0 bridgehead atoms. The molecule has 0 aromatic rings. The zero-order valence-electron chi connectivity index (χ0n) is 9.49. The quantitative estimate of drug-likeness (QED) is 0.478. The number of rotatable bonds is 8. The molecule has 1 atom stereocenters. The number of hydrogen-bond donors (Lipinski definition) is 0. The molecule has 0 aliphatic rings. The summed E-state index contributed by atoms with van der Waals surface area (Å²) in [6.45, 7) is 7.13. The molecular weight excluding hydrogens is 235 g/mol. The third kappa shape index (κ3) is 7.24. The molecule has 0 fully saturated rings. The summed E-state index contributed by atoms with van der Waals surface area (Å²) in [6.07, 6.45) is 3.48. The molecule has 0 rings (SSSR count). The highest BCUT2D eigenvalue weighted by Crippen LogP contribution is 2.62. The zero-order valence-corrected chi connectivity index (χ0v) is 12.0. The fourth-order valence-corrected chi connectivity index (χ4v) is 6.02. The van der Waals surface area contributed by atoms with E-state index in [0.717, 1.165) is 13.0 Å². The van der Waals surface area contributed by atoms with Crippen LogP contribution in [-0.4, -0.2) is 19.0 Å². The molecule has 5 heteroatoms. The third-order valence-corrected chi connectivity index (χ3v) is 7.53. The standard InChI is InChI=1S/C9H21O2PS2/c1-5-6-7-8-11-12(13,10-4)14-9(2)3/h9H,5-8H2,1-4H3. The number of unbranched alkanes of at least 4 members (excludes halogenated alkanes) is 2. The van der Waals surface area contributed by atoms with E-state index < -0.39 is 5.69 Å². The van der Waals surface area contributed by atoms with E-state index in [1.807, 2.05) is 0 Å². The lowest BCUT2D eigenvalue weighted by Gasteiger charge is -2.20. The molecule has 0 aromatic heterocycles. The first kappa shape index (κ1) is 14.9. The Morgan fingerprint density at radius 2 is 2.00 bits per heavy atom. The van der Waals surface area contributed by atoms with Gasteiger partial charge in [-0.3, -0.25) is 0 Å². The van der Waals surface area contributed by atoms with Crippen LogP contribution in [0.15, 0.2) is 0 Å². The minimum atomic E-state index is -2.05. The minimum Gasteiger partial charge on any atom is -0.325 e. The van der Waals surface area contributed by atoms with Gasteiger partial charge < -0.3 is 9.05 Å². The van der Waals surface area contributed by atoms with E-state index in [2.05, 4.69) is 20.8 Å². The first-order chi connectivity index (χ1) is 6.54. The van der Waals surface area contributed by atoms with E-state index in [0.29, 0.717) is 5.25 Å². The van der Waals surface area contributed by atoms with E-state index >= 15 is 0 Å². The van der Waals surface area contributed by atoms with E-state index in [9.17, 15) is 0 Å². The monoisotopic (exact) mass is 256 g/mol. The maximum Gasteiger partial charge on any atom is 0.247 e. The maximum absolute atomic E-state index is 5.66. The van der Waals surface area contributed by atoms with Crippen molar-refractivity contribution in [2.45, 2.75) is 45.3 Å². The van der Waals surface area contributed by atoms with Crippen LogP contribution in [0.1, 0.15) is 40.0 Å². The summed E-state index contributed by atoms with van der Waals surface area (Å²) >= 11 is 7.00. The van der Waals surface area contributed by atoms with Gasteiger partial charge >= 0.3 is 0 Å². The average Bonchev–Trinajstić information content (AvgIpc) is 2.11. The van der Waals surface area contributed by atoms with Crippen molar-refractivity contribution in [3.8, 4) is 0 Å². The lowest BCUT2D eigenvalue weighted by atomic mass is 10.3. The SMILES string of the molecule is CCCCCOP(=S)(OC)SC(C)C. The Morgan fingerprint density at radius 1 is 1.36 bits per heavy atom. The molecule has 86 valence electrons. The molecular formula is C9H21O2PS2. The van der Waals surface area contributed by atoms with Crippen molar-refractivity contribution in [2.24, 2.45) is 0 Å². The van der Waals surface area contributed by atoms with Crippen molar-refractivity contribution in [1.82, 2.24) is 0 Å². The van der Waals surface area contributed by atoms with E-state index in [4.69, 9.17) is 20.9 Å². The summed E-state index contributed by atoms with van der Waals surface area (Å²) in [5.41, 5.74) is -2.05. The maximum atomic E-state index is 5.66. The summed E-state index contributed by atoms with van der Waals surface area (Å²) < 4.78 is 11.0. The van der Waals surface area contributed by atoms with Crippen molar-refractivity contribution in [1.29, 1.82) is 0 Å². The van der Waals surface area contributed by atoms with E-state index in [-0.39, 0.29) is 0 Å². The van der Waals surface area contributed by atoms with Crippen LogP contribution in [0.3, 0.4) is 0 Å². The van der Waals surface area contributed by atoms with E-state index in [1.54, 1.807) is 18.5 Å². The van der Waals surface area contributed by atoms with Crippen LogP contribution in [0, 0.1) is 0 Å². The Labute approximate surface area is 97.1 Å². The van der Waals surface area contributed by atoms with Gasteiger partial charge in [0.2, 0.25) is 5.69 Å². The average molecular weight is 256 g/mol. The Kier molecular flexibility index (Phi) is 8.65. The zero-order chi connectivity index (χ0) is 11.0. The van der Waals surface area contributed by atoms with Crippen LogP contribution in [0.4, 0.5) is 0 Å². The molecule has 0 heterocycles. The molecule has 1 unspecified atom stereocenters. The molecule has 2 nitrogen and oxygen atoms in total. The smallest absolute Gasteiger partial charge is 0.247 e. The van der Waals surface area contributed by atoms with Crippen LogP contribution in [-0.2, 0) is 20.9 Å². The molecule has 0 N–H and O–H groups in total. The van der Waals surface area contributed by atoms with Gasteiger partial charge in [0.05, 0.1) is 6.61 Å². The van der Waals surface area contributed by atoms with Gasteiger partial charge in [0.1, 0.15) is 0 Å². The Bertz CT molecular complexity index is 186. The van der Waals surface area contributed by atoms with Crippen molar-refractivity contribution >= 4 is 28.9 Å². The first-order valence-electron chi connectivity index (χ1n) is 5.02. The summed E-state index contributed by atoms with van der Waals surface area (Å²) in [5.74, 6) is 0. The molecule has 0 saturated heterocycles. The molecule has 0 saturated carbocycles. The van der Waals surface area contributed by atoms with Crippen LogP contribution in [0.2, 0.25) is 0 Å². The predicted molar refractivity (Wildman–Crippen MR) is 69.5 cm³/mol. The van der Waals surface area contributed by atoms with Gasteiger partial charge in [-0.05, 0) is 18.2 Å². The first-order valence-corrected chi connectivity index (χ1v) is 9.15. The van der Waals surface area contributed by atoms with E-state index in [1.165, 1.54) is 12.8 Å². The van der Waals surface area contributed by atoms with Crippen LogP contribution >= 0.6 is 17.1 Å². The van der Waals surface area contributed by atoms with Gasteiger partial charge in [0.25, 0.3) is 0 Å². The summed E-state index contributed by atoms with van der Waals surface area (Å²) in [4.78, 5) is 0. The summed E-state index contributed by atoms with van der Waals surface area (Å²) in [5, 5.41) is 0.465. The van der Waals surface area contributed by atoms with Gasteiger partial charge in [0.15, 0.2) is 0 Å². The predicted octanol–water partition coefficient (Wildman–Crippen LogP) is 4.21. The fourth-order valence-electron chi connectivity index (χ4n) is 0.913. The third-order valence-electron chi connectivity index (χ3n) is 1.56. The van der Waals surface area contributed by atoms with Crippen molar-refractivity contribution < 1.29 is 9.05 Å². The van der Waals surface area contributed by atoms with Gasteiger partial charge in [0, 0.05) is 12.4 Å². The highest BCUT2D eigenvalue weighted by Gasteiger charge is 2.19. The minimum absolute atomic E-state index is 0.465. The fraction of sp³-hybridized carbons (Fsp3) is 1.00. The molecule has 0 aliphatic carbocycles. The molecule has 14 heavy (non-hydrogen) atoms. The second-order valence-electron chi connectivity index (χ2n) is 3.32. The molecule has 0 amide bonds. The Morgan fingerprint density at radius 3 is 2.43 bits per heavy atom. The molecule has 0 aromatic carbocycles. The second-order valence-corrected chi connectivity index (χ2v) is 10.2. The summed E-state index contributed by atoms with van der Waals surface area (Å²) in [6, 6.07) is 0. The van der Waals surface area contributed by atoms with Crippen LogP contribution < -0.4 is 0 Å². The lowest BCUT2D eigenvalue weighted by Crippen LogP contribution is -1.96. The van der Waals surface area contributed by atoms with Crippen molar-refractivity contribution in [2.75, 3.05) is 13.7 Å². The van der Waals surface area contributed by atoms with Gasteiger partial charge in [-0.25, -0.2) is 0 Å². The van der Waals surface area contributed by atoms with Gasteiger partial charge in [-0.15, -0.1) is 0 Å². The molecule has 0 spiro atoms. The largest absolute Gasteiger partial charge is 0.325 e. The van der Waals surface area contributed by atoms with Gasteiger partial charge in [-0.2, -0.15) is 0 Å². The van der Waals surface area contributed by atoms with Crippen LogP contribution in [0.25, 0.3) is 0 Å². The highest BCUT2D eigenvalue weighted by atomic mass is 32.9. The lowest BCUT2D eigenvalue weighted by molar-refractivity contribution is 0.286. The second kappa shape index (κ2) is 8.12. The van der Waals surface area contributed by atoms with Crippen molar-refractivity contribution in [3.63, 3.8) is 0 Å². The Balaban J connectivity index is 3.81. The highest BCUT2D eigenvalue weighted by molar-refractivity contribution is 8.68. The summed E-state index contributed by atoms with van der Waals surface area (Å²) in [7, 11) is 1.65. The number of hydrogen-bond acceptors (Lipinski definition) is 4. The van der Waals surface area contributed by atoms with Crippen LogP contribution in [0.5, 0.6) is 0 Å². The van der Waals surface area contributed by atoms with Gasteiger partial charge in [-0.1, -0.05) is 45.0 Å². The topological polar surface area (TPSA) is 18.5 Å². The molecule has 0 radical (unpaired) electrons.